The summed E-state index contributed by atoms with van der Waals surface area (Å²) in [5.41, 5.74) is 3.08. The molecular weight excluding hydrogens is 456 g/mol. The Balaban J connectivity index is 1.49. The number of rotatable bonds is 7. The van der Waals surface area contributed by atoms with Crippen LogP contribution in [-0.2, 0) is 18.7 Å². The average molecular weight is 481 g/mol. The van der Waals surface area contributed by atoms with Crippen LogP contribution in [0, 0.1) is 0 Å². The first-order chi connectivity index (χ1) is 16.1. The molecule has 8 heteroatoms. The molecule has 0 N–H and O–H groups in total. The first-order valence-corrected chi connectivity index (χ1v) is 12.6. The van der Waals surface area contributed by atoms with Gasteiger partial charge in [-0.2, -0.15) is 0 Å². The predicted octanol–water partition coefficient (Wildman–Crippen LogP) is 5.48. The van der Waals surface area contributed by atoms with Crippen molar-refractivity contribution in [2.45, 2.75) is 43.6 Å². The van der Waals surface area contributed by atoms with Gasteiger partial charge in [0.25, 0.3) is 0 Å². The van der Waals surface area contributed by atoms with Crippen molar-refractivity contribution in [3.05, 3.63) is 80.9 Å². The molecule has 0 saturated carbocycles. The molecule has 3 heterocycles. The lowest BCUT2D eigenvalue weighted by Gasteiger charge is -2.16. The molecule has 0 radical (unpaired) electrons. The molecule has 0 amide bonds. The van der Waals surface area contributed by atoms with Gasteiger partial charge < -0.3 is 4.42 Å². The number of benzene rings is 2. The van der Waals surface area contributed by atoms with Crippen LogP contribution in [0.5, 0.6) is 0 Å². The van der Waals surface area contributed by atoms with E-state index in [0.29, 0.717) is 16.4 Å². The van der Waals surface area contributed by atoms with Crippen molar-refractivity contribution >= 4 is 34.3 Å². The Morgan fingerprint density at radius 1 is 1.06 bits per heavy atom. The lowest BCUT2D eigenvalue weighted by molar-refractivity contribution is 0.319. The number of hydrogen-bond acceptors (Lipinski definition) is 6. The number of likely N-dealkylation sites (tertiary alicyclic amines) is 1. The van der Waals surface area contributed by atoms with Crippen molar-refractivity contribution in [2.75, 3.05) is 13.1 Å². The molecule has 0 bridgehead atoms. The Hall–Kier alpha value is -2.61. The average Bonchev–Trinajstić information content (AvgIpc) is 3.48. The molecular formula is C25H25ClN4O2S. The van der Waals surface area contributed by atoms with Crippen LogP contribution in [0.25, 0.3) is 16.7 Å². The molecule has 33 heavy (non-hydrogen) atoms. The molecule has 0 aliphatic carbocycles. The molecule has 0 spiro atoms. The molecule has 6 nitrogen and oxygen atoms in total. The highest BCUT2D eigenvalue weighted by molar-refractivity contribution is 7.98. The minimum Gasteiger partial charge on any atom is -0.423 e. The van der Waals surface area contributed by atoms with Gasteiger partial charge in [-0.15, -0.1) is 10.2 Å². The second kappa shape index (κ2) is 9.71. The third kappa shape index (κ3) is 4.71. The van der Waals surface area contributed by atoms with Crippen LogP contribution in [0.4, 0.5) is 0 Å². The van der Waals surface area contributed by atoms with Gasteiger partial charge in [-0.1, -0.05) is 48.5 Å². The van der Waals surface area contributed by atoms with E-state index in [0.717, 1.165) is 59.2 Å². The third-order valence-corrected chi connectivity index (χ3v) is 7.34. The fourth-order valence-corrected chi connectivity index (χ4v) is 5.55. The van der Waals surface area contributed by atoms with Crippen molar-refractivity contribution in [2.24, 2.45) is 0 Å². The van der Waals surface area contributed by atoms with Crippen molar-refractivity contribution in [1.82, 2.24) is 19.7 Å². The van der Waals surface area contributed by atoms with Gasteiger partial charge in [-0.3, -0.25) is 9.47 Å². The molecule has 2 aromatic carbocycles. The van der Waals surface area contributed by atoms with Crippen molar-refractivity contribution in [3.63, 3.8) is 0 Å². The van der Waals surface area contributed by atoms with E-state index in [-0.39, 0.29) is 5.63 Å². The van der Waals surface area contributed by atoms with Crippen LogP contribution in [0.1, 0.15) is 36.7 Å². The van der Waals surface area contributed by atoms with Crippen LogP contribution in [0.2, 0.25) is 5.02 Å². The summed E-state index contributed by atoms with van der Waals surface area (Å²) in [5, 5.41) is 11.4. The summed E-state index contributed by atoms with van der Waals surface area (Å²) in [6.07, 6.45) is 3.23. The number of aromatic nitrogens is 3. The van der Waals surface area contributed by atoms with E-state index in [4.69, 9.17) is 16.0 Å². The second-order valence-electron chi connectivity index (χ2n) is 8.23. The summed E-state index contributed by atoms with van der Waals surface area (Å²) in [6, 6.07) is 15.5. The van der Waals surface area contributed by atoms with E-state index in [1.54, 1.807) is 17.8 Å². The van der Waals surface area contributed by atoms with E-state index in [9.17, 15) is 4.79 Å². The van der Waals surface area contributed by atoms with Gasteiger partial charge in [0.2, 0.25) is 0 Å². The number of fused-ring (bicyclic) bond motifs is 1. The Kier molecular flexibility index (Phi) is 6.53. The lowest BCUT2D eigenvalue weighted by Crippen LogP contribution is -2.21. The first-order valence-electron chi connectivity index (χ1n) is 11.2. The zero-order valence-corrected chi connectivity index (χ0v) is 20.0. The van der Waals surface area contributed by atoms with E-state index in [1.165, 1.54) is 12.8 Å². The topological polar surface area (TPSA) is 64.2 Å². The van der Waals surface area contributed by atoms with Gasteiger partial charge in [0.15, 0.2) is 11.0 Å². The summed E-state index contributed by atoms with van der Waals surface area (Å²) >= 11 is 8.02. The largest absolute Gasteiger partial charge is 0.423 e. The molecule has 1 saturated heterocycles. The standard InChI is InChI=1S/C25H25ClN4O2S/c1-2-17-12-22-20(14-21(17)26)18(13-24(31)32-22)16-33-25-28-27-23(15-29-10-6-7-11-29)30(25)19-8-4-3-5-9-19/h3-5,8-9,12-14H,2,6-7,10-11,15-16H2,1H3. The van der Waals surface area contributed by atoms with Crippen LogP contribution in [0.3, 0.4) is 0 Å². The molecule has 4 aromatic rings. The zero-order chi connectivity index (χ0) is 22.8. The van der Waals surface area contributed by atoms with Crippen LogP contribution >= 0.6 is 23.4 Å². The second-order valence-corrected chi connectivity index (χ2v) is 9.58. The number of aryl methyl sites for hydroxylation is 1. The highest BCUT2D eigenvalue weighted by Crippen LogP contribution is 2.31. The number of para-hydroxylation sites is 1. The summed E-state index contributed by atoms with van der Waals surface area (Å²) in [7, 11) is 0. The molecule has 1 aliphatic rings. The molecule has 170 valence electrons. The van der Waals surface area contributed by atoms with E-state index in [2.05, 4.69) is 31.8 Å². The quantitative estimate of drug-likeness (QED) is 0.258. The lowest BCUT2D eigenvalue weighted by atomic mass is 10.1. The normalized spacial score (nSPS) is 14.4. The molecule has 2 aromatic heterocycles. The van der Waals surface area contributed by atoms with Gasteiger partial charge in [-0.05, 0) is 67.7 Å². The van der Waals surface area contributed by atoms with Gasteiger partial charge in [0.05, 0.1) is 6.54 Å². The van der Waals surface area contributed by atoms with E-state index < -0.39 is 0 Å². The number of nitrogens with zero attached hydrogens (tertiary/aromatic N) is 4. The Labute approximate surface area is 201 Å². The fraction of sp³-hybridized carbons (Fsp3) is 0.320. The van der Waals surface area contributed by atoms with Gasteiger partial charge in [0.1, 0.15) is 5.58 Å². The molecule has 0 unspecified atom stereocenters. The number of thioether (sulfide) groups is 1. The van der Waals surface area contributed by atoms with Crippen molar-refractivity contribution in [3.8, 4) is 5.69 Å². The molecule has 1 aliphatic heterocycles. The smallest absolute Gasteiger partial charge is 0.336 e. The molecule has 0 atom stereocenters. The monoisotopic (exact) mass is 480 g/mol. The molecule has 5 rings (SSSR count). The highest BCUT2D eigenvalue weighted by Gasteiger charge is 2.20. The summed E-state index contributed by atoms with van der Waals surface area (Å²) in [6.45, 7) is 4.99. The Morgan fingerprint density at radius 2 is 1.85 bits per heavy atom. The zero-order valence-electron chi connectivity index (χ0n) is 18.5. The Morgan fingerprint density at radius 3 is 2.61 bits per heavy atom. The summed E-state index contributed by atoms with van der Waals surface area (Å²) < 4.78 is 7.58. The maximum Gasteiger partial charge on any atom is 0.336 e. The van der Waals surface area contributed by atoms with E-state index in [1.807, 2.05) is 37.3 Å². The minimum absolute atomic E-state index is 0.360. The first kappa shape index (κ1) is 22.2. The van der Waals surface area contributed by atoms with Crippen LogP contribution in [-0.4, -0.2) is 32.8 Å². The van der Waals surface area contributed by atoms with Crippen molar-refractivity contribution < 1.29 is 4.42 Å². The molecule has 1 fully saturated rings. The third-order valence-electron chi connectivity index (χ3n) is 6.01. The number of hydrogen-bond donors (Lipinski definition) is 0. The van der Waals surface area contributed by atoms with Crippen molar-refractivity contribution in [1.29, 1.82) is 0 Å². The van der Waals surface area contributed by atoms with Gasteiger partial charge >= 0.3 is 5.63 Å². The predicted molar refractivity (Wildman–Crippen MR) is 132 cm³/mol. The highest BCUT2D eigenvalue weighted by atomic mass is 35.5. The maximum atomic E-state index is 12.2. The van der Waals surface area contributed by atoms with Crippen LogP contribution in [0.15, 0.2) is 62.9 Å². The SMILES string of the molecule is CCc1cc2oc(=O)cc(CSc3nnc(CN4CCCC4)n3-c3ccccc3)c2cc1Cl. The maximum absolute atomic E-state index is 12.2. The Bertz CT molecular complexity index is 1330. The summed E-state index contributed by atoms with van der Waals surface area (Å²) in [5.74, 6) is 1.48. The van der Waals surface area contributed by atoms with E-state index >= 15 is 0 Å². The van der Waals surface area contributed by atoms with Crippen LogP contribution < -0.4 is 5.63 Å². The minimum atomic E-state index is -0.360. The number of halogens is 1. The van der Waals surface area contributed by atoms with Gasteiger partial charge in [-0.25, -0.2) is 4.79 Å². The van der Waals surface area contributed by atoms with Gasteiger partial charge in [0, 0.05) is 27.9 Å². The summed E-state index contributed by atoms with van der Waals surface area (Å²) in [4.78, 5) is 14.7. The fourth-order valence-electron chi connectivity index (χ4n) is 4.29.